The summed E-state index contributed by atoms with van der Waals surface area (Å²) >= 11 is 0. The van der Waals surface area contributed by atoms with E-state index in [9.17, 15) is 4.79 Å². The van der Waals surface area contributed by atoms with E-state index in [1.807, 2.05) is 31.2 Å². The van der Waals surface area contributed by atoms with Crippen LogP contribution >= 0.6 is 0 Å². The number of carbonyl (C=O) groups is 1. The molecule has 2 aromatic carbocycles. The van der Waals surface area contributed by atoms with Gasteiger partial charge in [-0.1, -0.05) is 32.4 Å². The fourth-order valence-corrected chi connectivity index (χ4v) is 2.39. The van der Waals surface area contributed by atoms with E-state index in [1.165, 1.54) is 5.56 Å². The molecule has 2 rings (SSSR count). The van der Waals surface area contributed by atoms with Crippen molar-refractivity contribution in [2.75, 3.05) is 18.5 Å². The molecule has 0 saturated carbocycles. The maximum atomic E-state index is 12.5. The quantitative estimate of drug-likeness (QED) is 0.647. The molecule has 1 amide bonds. The molecule has 0 heterocycles. The van der Waals surface area contributed by atoms with Crippen molar-refractivity contribution >= 4 is 11.6 Å². The molecular weight excluding hydrogens is 314 g/mol. The first kappa shape index (κ1) is 18.8. The van der Waals surface area contributed by atoms with Crippen molar-refractivity contribution in [3.05, 3.63) is 53.6 Å². The molecule has 25 heavy (non-hydrogen) atoms. The summed E-state index contributed by atoms with van der Waals surface area (Å²) in [5.41, 5.74) is 2.57. The van der Waals surface area contributed by atoms with Crippen LogP contribution in [0.1, 0.15) is 49.5 Å². The van der Waals surface area contributed by atoms with Gasteiger partial charge in [-0.2, -0.15) is 0 Å². The molecule has 0 fully saturated rings. The summed E-state index contributed by atoms with van der Waals surface area (Å²) in [4.78, 5) is 12.5. The number of aryl methyl sites for hydroxylation is 1. The van der Waals surface area contributed by atoms with Crippen molar-refractivity contribution < 1.29 is 14.3 Å². The first-order valence-corrected chi connectivity index (χ1v) is 8.97. The monoisotopic (exact) mass is 341 g/mol. The maximum absolute atomic E-state index is 12.5. The number of benzene rings is 2. The molecular formula is C21H27NO3. The second kappa shape index (κ2) is 9.72. The van der Waals surface area contributed by atoms with Gasteiger partial charge in [0.25, 0.3) is 5.91 Å². The summed E-state index contributed by atoms with van der Waals surface area (Å²) in [6.45, 7) is 7.30. The van der Waals surface area contributed by atoms with Gasteiger partial charge in [0.15, 0.2) is 11.5 Å². The van der Waals surface area contributed by atoms with Crippen LogP contribution in [0.3, 0.4) is 0 Å². The minimum atomic E-state index is -0.162. The summed E-state index contributed by atoms with van der Waals surface area (Å²) in [5.74, 6) is 1.12. The maximum Gasteiger partial charge on any atom is 0.255 e. The molecule has 0 spiro atoms. The Morgan fingerprint density at radius 3 is 2.36 bits per heavy atom. The molecule has 0 bridgehead atoms. The Hall–Kier alpha value is -2.49. The lowest BCUT2D eigenvalue weighted by atomic mass is 10.1. The molecule has 1 N–H and O–H groups in total. The number of nitrogens with one attached hydrogen (secondary N) is 1. The Kier molecular flexibility index (Phi) is 7.33. The summed E-state index contributed by atoms with van der Waals surface area (Å²) in [6, 6.07) is 13.2. The topological polar surface area (TPSA) is 47.6 Å². The Bertz CT molecular complexity index is 680. The van der Waals surface area contributed by atoms with Gasteiger partial charge < -0.3 is 14.8 Å². The van der Waals surface area contributed by atoms with Gasteiger partial charge in [-0.25, -0.2) is 0 Å². The van der Waals surface area contributed by atoms with Crippen LogP contribution in [-0.4, -0.2) is 19.1 Å². The van der Waals surface area contributed by atoms with Gasteiger partial charge in [-0.15, -0.1) is 0 Å². The van der Waals surface area contributed by atoms with Crippen LogP contribution in [0.5, 0.6) is 11.5 Å². The lowest BCUT2D eigenvalue weighted by molar-refractivity contribution is 0.102. The zero-order valence-corrected chi connectivity index (χ0v) is 15.3. The number of carbonyl (C=O) groups excluding carboxylic acids is 1. The summed E-state index contributed by atoms with van der Waals surface area (Å²) < 4.78 is 11.4. The number of ether oxygens (including phenoxy) is 2. The molecule has 0 aliphatic heterocycles. The largest absolute Gasteiger partial charge is 0.490 e. The van der Waals surface area contributed by atoms with Gasteiger partial charge in [-0.05, 0) is 55.7 Å². The van der Waals surface area contributed by atoms with Crippen molar-refractivity contribution in [1.29, 1.82) is 0 Å². The van der Waals surface area contributed by atoms with E-state index >= 15 is 0 Å². The molecule has 2 aromatic rings. The number of hydrogen-bond donors (Lipinski definition) is 1. The Morgan fingerprint density at radius 2 is 1.72 bits per heavy atom. The first-order chi connectivity index (χ1) is 12.2. The van der Waals surface area contributed by atoms with Crippen molar-refractivity contribution in [3.8, 4) is 11.5 Å². The van der Waals surface area contributed by atoms with Crippen molar-refractivity contribution in [1.82, 2.24) is 0 Å². The van der Waals surface area contributed by atoms with Crippen molar-refractivity contribution in [3.63, 3.8) is 0 Å². The van der Waals surface area contributed by atoms with Crippen LogP contribution in [0.15, 0.2) is 42.5 Å². The summed E-state index contributed by atoms with van der Waals surface area (Å²) in [6.07, 6.45) is 3.04. The zero-order valence-electron chi connectivity index (χ0n) is 15.3. The minimum absolute atomic E-state index is 0.162. The average Bonchev–Trinajstić information content (AvgIpc) is 2.64. The molecule has 134 valence electrons. The van der Waals surface area contributed by atoms with Gasteiger partial charge in [0.1, 0.15) is 0 Å². The van der Waals surface area contributed by atoms with E-state index in [0.29, 0.717) is 30.3 Å². The molecule has 0 radical (unpaired) electrons. The van der Waals surface area contributed by atoms with Crippen LogP contribution in [0.2, 0.25) is 0 Å². The standard InChI is InChI=1S/C21H27NO3/c1-4-7-14-25-19-13-10-17(15-20(19)24-6-3)21(23)22-18-11-8-16(5-2)9-12-18/h8-13,15H,4-7,14H2,1-3H3,(H,22,23). The number of amides is 1. The van der Waals surface area contributed by atoms with Gasteiger partial charge in [0.05, 0.1) is 13.2 Å². The average molecular weight is 341 g/mol. The Morgan fingerprint density at radius 1 is 0.960 bits per heavy atom. The summed E-state index contributed by atoms with van der Waals surface area (Å²) in [7, 11) is 0. The van der Waals surface area contributed by atoms with Crippen LogP contribution < -0.4 is 14.8 Å². The second-order valence-corrected chi connectivity index (χ2v) is 5.80. The Labute approximate surface area is 150 Å². The highest BCUT2D eigenvalue weighted by atomic mass is 16.5. The van der Waals surface area contributed by atoms with Crippen molar-refractivity contribution in [2.45, 2.75) is 40.0 Å². The van der Waals surface area contributed by atoms with Crippen LogP contribution in [-0.2, 0) is 6.42 Å². The van der Waals surface area contributed by atoms with Gasteiger partial charge in [-0.3, -0.25) is 4.79 Å². The van der Waals surface area contributed by atoms with E-state index in [2.05, 4.69) is 19.2 Å². The van der Waals surface area contributed by atoms with Crippen molar-refractivity contribution in [2.24, 2.45) is 0 Å². The number of anilines is 1. The van der Waals surface area contributed by atoms with E-state index in [0.717, 1.165) is 24.9 Å². The SMILES string of the molecule is CCCCOc1ccc(C(=O)Nc2ccc(CC)cc2)cc1OCC. The third-order valence-electron chi connectivity index (χ3n) is 3.88. The predicted octanol–water partition coefficient (Wildman–Crippen LogP) is 5.08. The lowest BCUT2D eigenvalue weighted by Crippen LogP contribution is -2.12. The highest BCUT2D eigenvalue weighted by Crippen LogP contribution is 2.29. The lowest BCUT2D eigenvalue weighted by Gasteiger charge is -2.13. The molecule has 4 heteroatoms. The number of hydrogen-bond acceptors (Lipinski definition) is 3. The highest BCUT2D eigenvalue weighted by Gasteiger charge is 2.12. The second-order valence-electron chi connectivity index (χ2n) is 5.80. The molecule has 0 atom stereocenters. The minimum Gasteiger partial charge on any atom is -0.490 e. The molecule has 0 aromatic heterocycles. The van der Waals surface area contributed by atoms with Crippen LogP contribution in [0.4, 0.5) is 5.69 Å². The number of unbranched alkanes of at least 4 members (excludes halogenated alkanes) is 1. The third kappa shape index (κ3) is 5.52. The summed E-state index contributed by atoms with van der Waals surface area (Å²) in [5, 5.41) is 2.92. The van der Waals surface area contributed by atoms with E-state index in [4.69, 9.17) is 9.47 Å². The fraction of sp³-hybridized carbons (Fsp3) is 0.381. The molecule has 0 aliphatic carbocycles. The molecule has 4 nitrogen and oxygen atoms in total. The predicted molar refractivity (Wildman–Crippen MR) is 102 cm³/mol. The van der Waals surface area contributed by atoms with Gasteiger partial charge in [0, 0.05) is 11.3 Å². The van der Waals surface area contributed by atoms with Gasteiger partial charge >= 0.3 is 0 Å². The van der Waals surface area contributed by atoms with E-state index in [1.54, 1.807) is 18.2 Å². The van der Waals surface area contributed by atoms with Gasteiger partial charge in [0.2, 0.25) is 0 Å². The molecule has 0 saturated heterocycles. The fourth-order valence-electron chi connectivity index (χ4n) is 2.39. The van der Waals surface area contributed by atoms with E-state index < -0.39 is 0 Å². The highest BCUT2D eigenvalue weighted by molar-refractivity contribution is 6.04. The Balaban J connectivity index is 2.10. The number of rotatable bonds is 9. The van der Waals surface area contributed by atoms with Crippen LogP contribution in [0, 0.1) is 0 Å². The third-order valence-corrected chi connectivity index (χ3v) is 3.88. The first-order valence-electron chi connectivity index (χ1n) is 8.97. The zero-order chi connectivity index (χ0) is 18.1. The smallest absolute Gasteiger partial charge is 0.255 e. The molecule has 0 aliphatic rings. The molecule has 0 unspecified atom stereocenters. The van der Waals surface area contributed by atoms with Crippen LogP contribution in [0.25, 0.3) is 0 Å². The normalized spacial score (nSPS) is 10.4. The van der Waals surface area contributed by atoms with E-state index in [-0.39, 0.29) is 5.91 Å².